The minimum Gasteiger partial charge on any atom is -0.478 e. The predicted molar refractivity (Wildman–Crippen MR) is 92.3 cm³/mol. The zero-order valence-corrected chi connectivity index (χ0v) is 14.3. The van der Waals surface area contributed by atoms with Crippen molar-refractivity contribution in [1.29, 1.82) is 0 Å². The summed E-state index contributed by atoms with van der Waals surface area (Å²) >= 11 is 2.23. The lowest BCUT2D eigenvalue weighted by Crippen LogP contribution is -2.16. The molecule has 0 bridgehead atoms. The third-order valence-electron chi connectivity index (χ3n) is 2.98. The van der Waals surface area contributed by atoms with Crippen molar-refractivity contribution in [2.24, 2.45) is 0 Å². The molecular weight excluding hydrogens is 379 g/mol. The Bertz CT molecular complexity index is 678. The lowest BCUT2D eigenvalue weighted by atomic mass is 9.91. The van der Waals surface area contributed by atoms with E-state index in [4.69, 9.17) is 0 Å². The second-order valence-corrected chi connectivity index (χ2v) is 6.95. The van der Waals surface area contributed by atoms with Gasteiger partial charge in [0.2, 0.25) is 0 Å². The van der Waals surface area contributed by atoms with Crippen LogP contribution in [0.3, 0.4) is 0 Å². The van der Waals surface area contributed by atoms with E-state index < -0.39 is 5.97 Å². The number of rotatable bonds is 3. The van der Waals surface area contributed by atoms with Crippen LogP contribution < -0.4 is 5.32 Å². The summed E-state index contributed by atoms with van der Waals surface area (Å²) in [5.74, 6) is -0.405. The van der Waals surface area contributed by atoms with Crippen LogP contribution >= 0.6 is 22.6 Å². The number of halogens is 1. The SMILES string of the molecule is CC(C)(C)c1cc(C(=O)O)cc(Nc2ccccc2I)n1. The molecule has 0 fully saturated rings. The first-order valence-corrected chi connectivity index (χ1v) is 7.62. The third-order valence-corrected chi connectivity index (χ3v) is 3.92. The van der Waals surface area contributed by atoms with Crippen LogP contribution in [-0.2, 0) is 5.41 Å². The molecule has 0 saturated carbocycles. The lowest BCUT2D eigenvalue weighted by Gasteiger charge is -2.20. The molecule has 0 radical (unpaired) electrons. The number of carboxylic acids is 1. The van der Waals surface area contributed by atoms with Gasteiger partial charge in [-0.25, -0.2) is 9.78 Å². The van der Waals surface area contributed by atoms with Gasteiger partial charge in [-0.3, -0.25) is 0 Å². The fourth-order valence-electron chi connectivity index (χ4n) is 1.80. The molecule has 0 saturated heterocycles. The monoisotopic (exact) mass is 396 g/mol. The van der Waals surface area contributed by atoms with Gasteiger partial charge < -0.3 is 10.4 Å². The first kappa shape index (κ1) is 15.8. The number of pyridine rings is 1. The summed E-state index contributed by atoms with van der Waals surface area (Å²) < 4.78 is 1.05. The molecule has 0 aliphatic carbocycles. The number of para-hydroxylation sites is 1. The van der Waals surface area contributed by atoms with Gasteiger partial charge in [0, 0.05) is 14.7 Å². The molecule has 4 nitrogen and oxygen atoms in total. The number of hydrogen-bond donors (Lipinski definition) is 2. The molecule has 2 rings (SSSR count). The van der Waals surface area contributed by atoms with Gasteiger partial charge in [-0.2, -0.15) is 0 Å². The van der Waals surface area contributed by atoms with E-state index in [-0.39, 0.29) is 11.0 Å². The standard InChI is InChI=1S/C16H17IN2O2/c1-16(2,3)13-8-10(15(20)21)9-14(19-13)18-12-7-5-4-6-11(12)17/h4-9H,1-3H3,(H,18,19)(H,20,21). The molecular formula is C16H17IN2O2. The average molecular weight is 396 g/mol. The number of anilines is 2. The Balaban J connectivity index is 2.46. The van der Waals surface area contributed by atoms with Crippen molar-refractivity contribution in [2.75, 3.05) is 5.32 Å². The van der Waals surface area contributed by atoms with Crippen molar-refractivity contribution in [2.45, 2.75) is 26.2 Å². The van der Waals surface area contributed by atoms with E-state index in [2.05, 4.69) is 32.9 Å². The van der Waals surface area contributed by atoms with Crippen LogP contribution in [-0.4, -0.2) is 16.1 Å². The molecule has 2 aromatic rings. The van der Waals surface area contributed by atoms with Crippen molar-refractivity contribution < 1.29 is 9.90 Å². The Kier molecular flexibility index (Phi) is 4.51. The molecule has 1 aromatic heterocycles. The van der Waals surface area contributed by atoms with Crippen molar-refractivity contribution in [3.63, 3.8) is 0 Å². The number of nitrogens with zero attached hydrogens (tertiary/aromatic N) is 1. The smallest absolute Gasteiger partial charge is 0.335 e. The summed E-state index contributed by atoms with van der Waals surface area (Å²) in [6.07, 6.45) is 0. The number of carboxylic acid groups (broad SMARTS) is 1. The van der Waals surface area contributed by atoms with Gasteiger partial charge in [0.1, 0.15) is 5.82 Å². The zero-order chi connectivity index (χ0) is 15.6. The maximum absolute atomic E-state index is 11.3. The molecule has 0 aliphatic heterocycles. The Morgan fingerprint density at radius 3 is 2.48 bits per heavy atom. The molecule has 5 heteroatoms. The first-order valence-electron chi connectivity index (χ1n) is 6.55. The second kappa shape index (κ2) is 6.01. The van der Waals surface area contributed by atoms with Crippen LogP contribution in [0.4, 0.5) is 11.5 Å². The highest BCUT2D eigenvalue weighted by atomic mass is 127. The number of carbonyl (C=O) groups is 1. The van der Waals surface area contributed by atoms with E-state index in [0.717, 1.165) is 15.0 Å². The molecule has 0 spiro atoms. The van der Waals surface area contributed by atoms with Crippen molar-refractivity contribution >= 4 is 40.1 Å². The molecule has 110 valence electrons. The van der Waals surface area contributed by atoms with E-state index in [1.54, 1.807) is 12.1 Å². The zero-order valence-electron chi connectivity index (χ0n) is 12.1. The minimum atomic E-state index is -0.950. The maximum Gasteiger partial charge on any atom is 0.335 e. The normalized spacial score (nSPS) is 11.2. The van der Waals surface area contributed by atoms with Gasteiger partial charge in [-0.05, 0) is 46.9 Å². The van der Waals surface area contributed by atoms with Gasteiger partial charge in [0.15, 0.2) is 0 Å². The summed E-state index contributed by atoms with van der Waals surface area (Å²) in [6.45, 7) is 6.03. The van der Waals surface area contributed by atoms with Crippen LogP contribution in [0.1, 0.15) is 36.8 Å². The van der Waals surface area contributed by atoms with E-state index >= 15 is 0 Å². The van der Waals surface area contributed by atoms with Crippen molar-refractivity contribution in [3.05, 3.63) is 51.2 Å². The van der Waals surface area contributed by atoms with E-state index in [1.807, 2.05) is 45.0 Å². The Morgan fingerprint density at radius 2 is 1.90 bits per heavy atom. The summed E-state index contributed by atoms with van der Waals surface area (Å²) in [7, 11) is 0. The summed E-state index contributed by atoms with van der Waals surface area (Å²) in [6, 6.07) is 11.0. The number of hydrogen-bond acceptors (Lipinski definition) is 3. The Morgan fingerprint density at radius 1 is 1.24 bits per heavy atom. The number of benzene rings is 1. The number of aromatic nitrogens is 1. The van der Waals surface area contributed by atoms with Crippen molar-refractivity contribution in [3.8, 4) is 0 Å². The maximum atomic E-state index is 11.3. The van der Waals surface area contributed by atoms with Crippen LogP contribution in [0.5, 0.6) is 0 Å². The lowest BCUT2D eigenvalue weighted by molar-refractivity contribution is 0.0696. The average Bonchev–Trinajstić information content (AvgIpc) is 2.40. The molecule has 1 heterocycles. The highest BCUT2D eigenvalue weighted by Gasteiger charge is 2.19. The molecule has 0 aliphatic rings. The first-order chi connectivity index (χ1) is 9.77. The van der Waals surface area contributed by atoms with Crippen LogP contribution in [0.15, 0.2) is 36.4 Å². The predicted octanol–water partition coefficient (Wildman–Crippen LogP) is 4.43. The summed E-state index contributed by atoms with van der Waals surface area (Å²) in [5.41, 5.74) is 1.68. The van der Waals surface area contributed by atoms with Gasteiger partial charge in [-0.15, -0.1) is 0 Å². The van der Waals surface area contributed by atoms with Crippen LogP contribution in [0.25, 0.3) is 0 Å². The highest BCUT2D eigenvalue weighted by molar-refractivity contribution is 14.1. The quantitative estimate of drug-likeness (QED) is 0.754. The molecule has 0 unspecified atom stereocenters. The highest BCUT2D eigenvalue weighted by Crippen LogP contribution is 2.26. The van der Waals surface area contributed by atoms with Gasteiger partial charge in [-0.1, -0.05) is 32.9 Å². The Hall–Kier alpha value is -1.63. The van der Waals surface area contributed by atoms with E-state index in [1.165, 1.54) is 0 Å². The summed E-state index contributed by atoms with van der Waals surface area (Å²) in [4.78, 5) is 15.8. The van der Waals surface area contributed by atoms with Crippen molar-refractivity contribution in [1.82, 2.24) is 4.98 Å². The number of aromatic carboxylic acids is 1. The fourth-order valence-corrected chi connectivity index (χ4v) is 2.33. The largest absolute Gasteiger partial charge is 0.478 e. The molecule has 0 amide bonds. The second-order valence-electron chi connectivity index (χ2n) is 5.79. The molecule has 0 atom stereocenters. The molecule has 2 N–H and O–H groups in total. The van der Waals surface area contributed by atoms with E-state index in [0.29, 0.717) is 5.82 Å². The topological polar surface area (TPSA) is 62.2 Å². The third kappa shape index (κ3) is 3.93. The minimum absolute atomic E-state index is 0.217. The Labute approximate surface area is 137 Å². The van der Waals surface area contributed by atoms with E-state index in [9.17, 15) is 9.90 Å². The van der Waals surface area contributed by atoms with Gasteiger partial charge >= 0.3 is 5.97 Å². The van der Waals surface area contributed by atoms with Gasteiger partial charge in [0.05, 0.1) is 11.3 Å². The van der Waals surface area contributed by atoms with Crippen LogP contribution in [0.2, 0.25) is 0 Å². The molecule has 21 heavy (non-hydrogen) atoms. The number of nitrogens with one attached hydrogen (secondary N) is 1. The summed E-state index contributed by atoms with van der Waals surface area (Å²) in [5, 5.41) is 12.5. The molecule has 1 aromatic carbocycles. The van der Waals surface area contributed by atoms with Gasteiger partial charge in [0.25, 0.3) is 0 Å². The fraction of sp³-hybridized carbons (Fsp3) is 0.250. The van der Waals surface area contributed by atoms with Crippen LogP contribution in [0, 0.1) is 3.57 Å².